The molecule has 0 radical (unpaired) electrons. The molecule has 0 aliphatic carbocycles. The number of hydrogen-bond donors (Lipinski definition) is 2. The molecule has 0 bridgehead atoms. The highest BCUT2D eigenvalue weighted by Gasteiger charge is 2.25. The first-order valence-electron chi connectivity index (χ1n) is 9.99. The molecule has 8 heteroatoms. The molecule has 0 atom stereocenters. The Labute approximate surface area is 170 Å². The molecule has 1 aliphatic rings. The van der Waals surface area contributed by atoms with Gasteiger partial charge in [-0.05, 0) is 51.9 Å². The molecule has 1 aromatic heterocycles. The van der Waals surface area contributed by atoms with E-state index >= 15 is 0 Å². The monoisotopic (exact) mass is 404 g/mol. The number of aromatic amines is 1. The lowest BCUT2D eigenvalue weighted by atomic mass is 10.2. The zero-order chi connectivity index (χ0) is 21.0. The van der Waals surface area contributed by atoms with Crippen molar-refractivity contribution in [2.45, 2.75) is 32.8 Å². The fourth-order valence-corrected chi connectivity index (χ4v) is 3.32. The molecule has 1 aliphatic heterocycles. The van der Waals surface area contributed by atoms with Gasteiger partial charge in [-0.15, -0.1) is 0 Å². The molecule has 2 heterocycles. The van der Waals surface area contributed by atoms with Crippen LogP contribution in [-0.4, -0.2) is 71.7 Å². The number of benzene rings is 1. The van der Waals surface area contributed by atoms with Gasteiger partial charge in [-0.2, -0.15) is 0 Å². The van der Waals surface area contributed by atoms with Gasteiger partial charge in [-0.1, -0.05) is 6.07 Å². The minimum Gasteiger partial charge on any atom is -0.444 e. The Hall–Kier alpha value is -2.61. The third-order valence-electron chi connectivity index (χ3n) is 4.82. The van der Waals surface area contributed by atoms with Gasteiger partial charge in [0.05, 0.1) is 0 Å². The highest BCUT2D eigenvalue weighted by molar-refractivity contribution is 5.98. The van der Waals surface area contributed by atoms with E-state index in [1.54, 1.807) is 17.0 Å². The summed E-state index contributed by atoms with van der Waals surface area (Å²) in [5.41, 5.74) is 0.484. The Bertz CT molecular complexity index is 866. The van der Waals surface area contributed by atoms with Crippen molar-refractivity contribution in [3.63, 3.8) is 0 Å². The first kappa shape index (κ1) is 21.1. The van der Waals surface area contributed by atoms with Gasteiger partial charge in [0.1, 0.15) is 17.1 Å². The molecular weight excluding hydrogens is 375 g/mol. The van der Waals surface area contributed by atoms with E-state index in [4.69, 9.17) is 4.74 Å². The maximum absolute atomic E-state index is 13.7. The van der Waals surface area contributed by atoms with Gasteiger partial charge in [0, 0.05) is 43.6 Å². The molecule has 1 fully saturated rings. The second kappa shape index (κ2) is 8.82. The highest BCUT2D eigenvalue weighted by atomic mass is 19.1. The number of nitrogens with one attached hydrogen (secondary N) is 2. The second-order valence-corrected chi connectivity index (χ2v) is 8.30. The Morgan fingerprint density at radius 3 is 2.59 bits per heavy atom. The summed E-state index contributed by atoms with van der Waals surface area (Å²) in [7, 11) is 0. The fraction of sp³-hybridized carbons (Fsp3) is 0.524. The van der Waals surface area contributed by atoms with E-state index in [9.17, 15) is 14.0 Å². The molecule has 1 saturated heterocycles. The number of halogens is 1. The van der Waals surface area contributed by atoms with E-state index < -0.39 is 5.60 Å². The van der Waals surface area contributed by atoms with Gasteiger partial charge >= 0.3 is 6.09 Å². The number of amides is 2. The third kappa shape index (κ3) is 5.69. The van der Waals surface area contributed by atoms with Crippen molar-refractivity contribution in [3.05, 3.63) is 35.8 Å². The lowest BCUT2D eigenvalue weighted by Crippen LogP contribution is -2.50. The zero-order valence-electron chi connectivity index (χ0n) is 17.3. The smallest absolute Gasteiger partial charge is 0.410 e. The topological polar surface area (TPSA) is 77.7 Å². The number of H-pyrrole nitrogens is 1. The maximum Gasteiger partial charge on any atom is 0.410 e. The number of hydrogen-bond acceptors (Lipinski definition) is 4. The summed E-state index contributed by atoms with van der Waals surface area (Å²) in [6, 6.07) is 6.26. The molecule has 158 valence electrons. The van der Waals surface area contributed by atoms with Crippen molar-refractivity contribution < 1.29 is 18.7 Å². The SMILES string of the molecule is CC(C)(C)OC(=O)N1CCN(CCCNC(=O)c2cc3c(F)cccc3[nH]2)CC1. The average molecular weight is 404 g/mol. The Morgan fingerprint density at radius 2 is 1.93 bits per heavy atom. The Balaban J connectivity index is 1.37. The second-order valence-electron chi connectivity index (χ2n) is 8.30. The summed E-state index contributed by atoms with van der Waals surface area (Å²) in [4.78, 5) is 31.3. The summed E-state index contributed by atoms with van der Waals surface area (Å²) in [5, 5.41) is 3.29. The molecule has 0 unspecified atom stereocenters. The van der Waals surface area contributed by atoms with E-state index in [1.807, 2.05) is 20.8 Å². The Kier molecular flexibility index (Phi) is 6.42. The van der Waals surface area contributed by atoms with Gasteiger partial charge in [0.2, 0.25) is 0 Å². The largest absolute Gasteiger partial charge is 0.444 e. The van der Waals surface area contributed by atoms with Crippen LogP contribution in [0.3, 0.4) is 0 Å². The molecule has 1 aromatic carbocycles. The van der Waals surface area contributed by atoms with E-state index in [2.05, 4.69) is 15.2 Å². The van der Waals surface area contributed by atoms with Crippen LogP contribution in [0.5, 0.6) is 0 Å². The van der Waals surface area contributed by atoms with E-state index in [0.29, 0.717) is 36.2 Å². The average Bonchev–Trinajstić information content (AvgIpc) is 3.10. The molecule has 2 N–H and O–H groups in total. The van der Waals surface area contributed by atoms with E-state index in [1.165, 1.54) is 12.1 Å². The molecule has 2 amide bonds. The van der Waals surface area contributed by atoms with Gasteiger partial charge in [-0.25, -0.2) is 9.18 Å². The van der Waals surface area contributed by atoms with Gasteiger partial charge in [0.15, 0.2) is 0 Å². The molecule has 2 aromatic rings. The van der Waals surface area contributed by atoms with Crippen molar-refractivity contribution in [1.29, 1.82) is 0 Å². The number of carbonyl (C=O) groups excluding carboxylic acids is 2. The first-order chi connectivity index (χ1) is 13.7. The predicted octanol–water partition coefficient (Wildman–Crippen LogP) is 2.98. The fourth-order valence-electron chi connectivity index (χ4n) is 3.32. The van der Waals surface area contributed by atoms with Crippen molar-refractivity contribution in [2.75, 3.05) is 39.3 Å². The van der Waals surface area contributed by atoms with E-state index in [-0.39, 0.29) is 17.8 Å². The lowest BCUT2D eigenvalue weighted by molar-refractivity contribution is 0.0144. The number of aromatic nitrogens is 1. The molecule has 3 rings (SSSR count). The molecule has 29 heavy (non-hydrogen) atoms. The van der Waals surface area contributed by atoms with Crippen molar-refractivity contribution in [2.24, 2.45) is 0 Å². The predicted molar refractivity (Wildman–Crippen MR) is 109 cm³/mol. The minimum atomic E-state index is -0.483. The van der Waals surface area contributed by atoms with Crippen molar-refractivity contribution in [3.8, 4) is 0 Å². The minimum absolute atomic E-state index is 0.240. The normalized spacial score (nSPS) is 15.5. The summed E-state index contributed by atoms with van der Waals surface area (Å²) < 4.78 is 19.1. The van der Waals surface area contributed by atoms with Crippen LogP contribution in [-0.2, 0) is 4.74 Å². The van der Waals surface area contributed by atoms with Crippen LogP contribution in [0.25, 0.3) is 10.9 Å². The molecule has 0 saturated carbocycles. The number of piperazine rings is 1. The van der Waals surface area contributed by atoms with E-state index in [0.717, 1.165) is 26.1 Å². The third-order valence-corrected chi connectivity index (χ3v) is 4.82. The molecule has 7 nitrogen and oxygen atoms in total. The lowest BCUT2D eigenvalue weighted by Gasteiger charge is -2.35. The maximum atomic E-state index is 13.7. The van der Waals surface area contributed by atoms with Crippen LogP contribution >= 0.6 is 0 Å². The summed E-state index contributed by atoms with van der Waals surface area (Å²) in [6.07, 6.45) is 0.534. The molecule has 0 spiro atoms. The zero-order valence-corrected chi connectivity index (χ0v) is 17.3. The summed E-state index contributed by atoms with van der Waals surface area (Å²) in [5.74, 6) is -0.585. The Morgan fingerprint density at radius 1 is 1.21 bits per heavy atom. The van der Waals surface area contributed by atoms with Crippen molar-refractivity contribution in [1.82, 2.24) is 20.1 Å². The summed E-state index contributed by atoms with van der Waals surface area (Å²) >= 11 is 0. The van der Waals surface area contributed by atoms with Crippen LogP contribution in [0.2, 0.25) is 0 Å². The summed E-state index contributed by atoms with van der Waals surface area (Å²) in [6.45, 7) is 9.81. The number of rotatable bonds is 5. The van der Waals surface area contributed by atoms with Gasteiger partial charge < -0.3 is 19.9 Å². The van der Waals surface area contributed by atoms with Crippen LogP contribution in [0, 0.1) is 5.82 Å². The number of carbonyl (C=O) groups is 2. The van der Waals surface area contributed by atoms with Crippen LogP contribution < -0.4 is 5.32 Å². The highest BCUT2D eigenvalue weighted by Crippen LogP contribution is 2.18. The van der Waals surface area contributed by atoms with Crippen LogP contribution in [0.15, 0.2) is 24.3 Å². The number of ether oxygens (including phenoxy) is 1. The number of fused-ring (bicyclic) bond motifs is 1. The standard InChI is InChI=1S/C21H29FN4O3/c1-21(2,3)29-20(28)26-12-10-25(11-13-26)9-5-8-23-19(27)18-14-15-16(22)6-4-7-17(15)24-18/h4,6-7,14,24H,5,8-13H2,1-3H3,(H,23,27). The van der Waals surface area contributed by atoms with Gasteiger partial charge in [-0.3, -0.25) is 9.69 Å². The number of nitrogens with zero attached hydrogens (tertiary/aromatic N) is 2. The first-order valence-corrected chi connectivity index (χ1v) is 9.99. The van der Waals surface area contributed by atoms with Gasteiger partial charge in [0.25, 0.3) is 5.91 Å². The quantitative estimate of drug-likeness (QED) is 0.751. The van der Waals surface area contributed by atoms with Crippen LogP contribution in [0.4, 0.5) is 9.18 Å². The van der Waals surface area contributed by atoms with Crippen LogP contribution in [0.1, 0.15) is 37.7 Å². The van der Waals surface area contributed by atoms with Crippen molar-refractivity contribution >= 4 is 22.9 Å². The molecular formula is C21H29FN4O3.